The number of hydrogen-bond acceptors (Lipinski definition) is 2. The van der Waals surface area contributed by atoms with Gasteiger partial charge in [0, 0.05) is 17.8 Å². The number of benzene rings is 1. The third-order valence-corrected chi connectivity index (χ3v) is 2.99. The summed E-state index contributed by atoms with van der Waals surface area (Å²) in [5.74, 6) is 0. The van der Waals surface area contributed by atoms with Gasteiger partial charge in [-0.3, -0.25) is 0 Å². The Morgan fingerprint density at radius 3 is 2.83 bits per heavy atom. The molecule has 0 aliphatic rings. The second-order valence-electron chi connectivity index (χ2n) is 4.35. The largest absolute Gasteiger partial charge is 0.313 e. The molecule has 96 valence electrons. The molecule has 0 atom stereocenters. The minimum absolute atomic E-state index is 0.760. The van der Waals surface area contributed by atoms with Gasteiger partial charge in [0.15, 0.2) is 0 Å². The Morgan fingerprint density at radius 1 is 1.33 bits per heavy atom. The van der Waals surface area contributed by atoms with Crippen LogP contribution in [0, 0.1) is 6.92 Å². The fraction of sp³-hybridized carbons (Fsp3) is 0.357. The molecule has 0 spiro atoms. The van der Waals surface area contributed by atoms with E-state index < -0.39 is 0 Å². The molecule has 2 aromatic rings. The molecule has 0 unspecified atom stereocenters. The summed E-state index contributed by atoms with van der Waals surface area (Å²) in [6, 6.07) is 7.91. The normalized spacial score (nSPS) is 10.8. The predicted octanol–water partition coefficient (Wildman–Crippen LogP) is 3.33. The molecule has 1 heterocycles. The quantitative estimate of drug-likeness (QED) is 0.839. The summed E-state index contributed by atoms with van der Waals surface area (Å²) < 4.78 is 1.90. The maximum atomic E-state index is 6.06. The van der Waals surface area contributed by atoms with E-state index in [1.165, 1.54) is 5.56 Å². The first-order valence-corrected chi connectivity index (χ1v) is 6.60. The summed E-state index contributed by atoms with van der Waals surface area (Å²) in [6.45, 7) is 5.96. The molecular formula is C14H18ClN3. The molecule has 1 aromatic heterocycles. The number of aryl methyl sites for hydroxylation is 1. The van der Waals surface area contributed by atoms with Crippen LogP contribution in [0.4, 0.5) is 0 Å². The Hall–Kier alpha value is -1.32. The van der Waals surface area contributed by atoms with Crippen LogP contribution in [0.5, 0.6) is 0 Å². The monoisotopic (exact) mass is 263 g/mol. The van der Waals surface area contributed by atoms with Gasteiger partial charge in [0.05, 0.1) is 11.4 Å². The minimum Gasteiger partial charge on any atom is -0.313 e. The van der Waals surface area contributed by atoms with Crippen LogP contribution in [0.15, 0.2) is 30.5 Å². The van der Waals surface area contributed by atoms with Gasteiger partial charge in [0.25, 0.3) is 0 Å². The SMILES string of the molecule is CCCNCc1cc(Cl)ccc1-n1ccc(C)n1. The van der Waals surface area contributed by atoms with Crippen molar-refractivity contribution in [3.05, 3.63) is 46.7 Å². The van der Waals surface area contributed by atoms with Crippen LogP contribution in [-0.2, 0) is 6.54 Å². The second kappa shape index (κ2) is 6.03. The molecule has 2 rings (SSSR count). The lowest BCUT2D eigenvalue weighted by atomic mass is 10.1. The van der Waals surface area contributed by atoms with Crippen LogP contribution in [0.2, 0.25) is 5.02 Å². The molecule has 4 heteroatoms. The third kappa shape index (κ3) is 3.12. The van der Waals surface area contributed by atoms with E-state index in [0.717, 1.165) is 35.9 Å². The van der Waals surface area contributed by atoms with Crippen molar-refractivity contribution in [2.24, 2.45) is 0 Å². The van der Waals surface area contributed by atoms with Crippen molar-refractivity contribution in [2.45, 2.75) is 26.8 Å². The average molecular weight is 264 g/mol. The molecule has 0 saturated carbocycles. The van der Waals surface area contributed by atoms with Gasteiger partial charge in [0.1, 0.15) is 0 Å². The predicted molar refractivity (Wildman–Crippen MR) is 75.3 cm³/mol. The van der Waals surface area contributed by atoms with E-state index >= 15 is 0 Å². The highest BCUT2D eigenvalue weighted by Gasteiger charge is 2.06. The number of aromatic nitrogens is 2. The van der Waals surface area contributed by atoms with Gasteiger partial charge in [-0.15, -0.1) is 0 Å². The molecule has 18 heavy (non-hydrogen) atoms. The highest BCUT2D eigenvalue weighted by Crippen LogP contribution is 2.19. The molecule has 0 amide bonds. The summed E-state index contributed by atoms with van der Waals surface area (Å²) in [5, 5.41) is 8.60. The molecule has 0 saturated heterocycles. The molecular weight excluding hydrogens is 246 g/mol. The third-order valence-electron chi connectivity index (χ3n) is 2.75. The zero-order valence-electron chi connectivity index (χ0n) is 10.8. The average Bonchev–Trinajstić information content (AvgIpc) is 2.76. The summed E-state index contributed by atoms with van der Waals surface area (Å²) >= 11 is 6.06. The summed E-state index contributed by atoms with van der Waals surface area (Å²) in [4.78, 5) is 0. The van der Waals surface area contributed by atoms with Gasteiger partial charge in [-0.05, 0) is 49.7 Å². The molecule has 0 bridgehead atoms. The van der Waals surface area contributed by atoms with Crippen LogP contribution in [0.3, 0.4) is 0 Å². The Morgan fingerprint density at radius 2 is 2.17 bits per heavy atom. The van der Waals surface area contributed by atoms with Crippen molar-refractivity contribution in [3.63, 3.8) is 0 Å². The highest BCUT2D eigenvalue weighted by atomic mass is 35.5. The first-order valence-electron chi connectivity index (χ1n) is 6.22. The van der Waals surface area contributed by atoms with Crippen LogP contribution in [0.25, 0.3) is 5.69 Å². The number of rotatable bonds is 5. The lowest BCUT2D eigenvalue weighted by molar-refractivity contribution is 0.670. The zero-order valence-corrected chi connectivity index (χ0v) is 11.5. The molecule has 0 aliphatic heterocycles. The standard InChI is InChI=1S/C14H18ClN3/c1-3-7-16-10-12-9-13(15)4-5-14(12)18-8-6-11(2)17-18/h4-6,8-9,16H,3,7,10H2,1-2H3. The Kier molecular flexibility index (Phi) is 4.39. The van der Waals surface area contributed by atoms with Crippen LogP contribution in [-0.4, -0.2) is 16.3 Å². The minimum atomic E-state index is 0.760. The number of halogens is 1. The van der Waals surface area contributed by atoms with Gasteiger partial charge < -0.3 is 5.32 Å². The van der Waals surface area contributed by atoms with E-state index in [0.29, 0.717) is 0 Å². The van der Waals surface area contributed by atoms with Crippen molar-refractivity contribution in [1.82, 2.24) is 15.1 Å². The van der Waals surface area contributed by atoms with Crippen molar-refractivity contribution < 1.29 is 0 Å². The van der Waals surface area contributed by atoms with Crippen LogP contribution in [0.1, 0.15) is 24.6 Å². The first-order chi connectivity index (χ1) is 8.70. The van der Waals surface area contributed by atoms with E-state index in [1.807, 2.05) is 42.1 Å². The van der Waals surface area contributed by atoms with Gasteiger partial charge in [-0.25, -0.2) is 4.68 Å². The summed E-state index contributed by atoms with van der Waals surface area (Å²) in [5.41, 5.74) is 3.26. The molecule has 0 fully saturated rings. The molecule has 0 radical (unpaired) electrons. The Bertz CT molecular complexity index is 520. The Balaban J connectivity index is 2.28. The summed E-state index contributed by atoms with van der Waals surface area (Å²) in [7, 11) is 0. The Labute approximate surface area is 113 Å². The fourth-order valence-corrected chi connectivity index (χ4v) is 2.06. The lowest BCUT2D eigenvalue weighted by Gasteiger charge is -2.11. The molecule has 1 aromatic carbocycles. The number of hydrogen-bond donors (Lipinski definition) is 1. The smallest absolute Gasteiger partial charge is 0.0691 e. The van der Waals surface area contributed by atoms with Gasteiger partial charge in [-0.2, -0.15) is 5.10 Å². The number of nitrogens with zero attached hydrogens (tertiary/aromatic N) is 2. The van der Waals surface area contributed by atoms with Crippen molar-refractivity contribution >= 4 is 11.6 Å². The van der Waals surface area contributed by atoms with Gasteiger partial charge in [-0.1, -0.05) is 18.5 Å². The highest BCUT2D eigenvalue weighted by molar-refractivity contribution is 6.30. The van der Waals surface area contributed by atoms with Gasteiger partial charge in [0.2, 0.25) is 0 Å². The maximum Gasteiger partial charge on any atom is 0.0691 e. The fourth-order valence-electron chi connectivity index (χ4n) is 1.87. The first kappa shape index (κ1) is 13.1. The molecule has 3 nitrogen and oxygen atoms in total. The van der Waals surface area contributed by atoms with Crippen molar-refractivity contribution in [2.75, 3.05) is 6.54 Å². The maximum absolute atomic E-state index is 6.06. The van der Waals surface area contributed by atoms with E-state index in [9.17, 15) is 0 Å². The second-order valence-corrected chi connectivity index (χ2v) is 4.79. The zero-order chi connectivity index (χ0) is 13.0. The van der Waals surface area contributed by atoms with Crippen molar-refractivity contribution in [1.29, 1.82) is 0 Å². The van der Waals surface area contributed by atoms with Crippen LogP contribution < -0.4 is 5.32 Å². The number of nitrogens with one attached hydrogen (secondary N) is 1. The van der Waals surface area contributed by atoms with Crippen molar-refractivity contribution in [3.8, 4) is 5.69 Å². The lowest BCUT2D eigenvalue weighted by Crippen LogP contribution is -2.15. The topological polar surface area (TPSA) is 29.9 Å². The molecule has 1 N–H and O–H groups in total. The summed E-state index contributed by atoms with van der Waals surface area (Å²) in [6.07, 6.45) is 3.10. The van der Waals surface area contributed by atoms with Gasteiger partial charge >= 0.3 is 0 Å². The van der Waals surface area contributed by atoms with E-state index in [2.05, 4.69) is 17.3 Å². The molecule has 0 aliphatic carbocycles. The van der Waals surface area contributed by atoms with Crippen LogP contribution >= 0.6 is 11.6 Å². The van der Waals surface area contributed by atoms with E-state index in [4.69, 9.17) is 11.6 Å². The van der Waals surface area contributed by atoms with E-state index in [-0.39, 0.29) is 0 Å². The van der Waals surface area contributed by atoms with E-state index in [1.54, 1.807) is 0 Å².